The van der Waals surface area contributed by atoms with Crippen molar-refractivity contribution >= 4 is 23.2 Å². The summed E-state index contributed by atoms with van der Waals surface area (Å²) in [6.07, 6.45) is 0.678. The monoisotopic (exact) mass is 437 g/mol. The van der Waals surface area contributed by atoms with E-state index in [-0.39, 0.29) is 24.5 Å². The van der Waals surface area contributed by atoms with Crippen molar-refractivity contribution in [2.24, 2.45) is 0 Å². The number of rotatable bonds is 8. The van der Waals surface area contributed by atoms with Crippen molar-refractivity contribution < 1.29 is 14.3 Å². The lowest BCUT2D eigenvalue weighted by Gasteiger charge is -2.21. The number of benzene rings is 2. The molecule has 1 heterocycles. The molecule has 31 heavy (non-hydrogen) atoms. The maximum Gasteiger partial charge on any atom is 0.263 e. The van der Waals surface area contributed by atoms with Crippen molar-refractivity contribution in [1.82, 2.24) is 15.2 Å². The van der Waals surface area contributed by atoms with Gasteiger partial charge in [0.05, 0.1) is 11.7 Å². The molecule has 0 spiro atoms. The fourth-order valence-electron chi connectivity index (χ4n) is 3.10. The largest absolute Gasteiger partial charge is 0.483 e. The van der Waals surface area contributed by atoms with Gasteiger partial charge in [-0.15, -0.1) is 11.3 Å². The fraction of sp³-hybridized carbons (Fsp3) is 0.292. The zero-order valence-electron chi connectivity index (χ0n) is 18.2. The van der Waals surface area contributed by atoms with Gasteiger partial charge in [0.2, 0.25) is 0 Å². The molecule has 1 unspecified atom stereocenters. The van der Waals surface area contributed by atoms with Gasteiger partial charge in [0, 0.05) is 25.2 Å². The Bertz CT molecular complexity index is 1050. The summed E-state index contributed by atoms with van der Waals surface area (Å²) in [4.78, 5) is 31.7. The number of carbonyl (C=O) groups is 2. The molecule has 3 aromatic rings. The number of aromatic nitrogens is 1. The third-order valence-corrected chi connectivity index (χ3v) is 6.09. The number of amides is 2. The molecule has 0 radical (unpaired) electrons. The molecule has 0 aliphatic carbocycles. The average Bonchev–Trinajstić information content (AvgIpc) is 3.18. The zero-order valence-corrected chi connectivity index (χ0v) is 19.0. The molecule has 1 aromatic heterocycles. The number of nitrogens with one attached hydrogen (secondary N) is 1. The molecule has 162 valence electrons. The van der Waals surface area contributed by atoms with Crippen LogP contribution >= 0.6 is 11.3 Å². The molecule has 7 heteroatoms. The predicted octanol–water partition coefficient (Wildman–Crippen LogP) is 4.47. The van der Waals surface area contributed by atoms with Gasteiger partial charge < -0.3 is 15.0 Å². The lowest BCUT2D eigenvalue weighted by Crippen LogP contribution is -2.30. The van der Waals surface area contributed by atoms with Crippen LogP contribution in [0.2, 0.25) is 0 Å². The van der Waals surface area contributed by atoms with Crippen LogP contribution in [0.1, 0.15) is 40.3 Å². The molecule has 0 aliphatic heterocycles. The van der Waals surface area contributed by atoms with E-state index < -0.39 is 0 Å². The molecule has 6 nitrogen and oxygen atoms in total. The van der Waals surface area contributed by atoms with Crippen LogP contribution in [-0.2, 0) is 4.79 Å². The van der Waals surface area contributed by atoms with Crippen LogP contribution in [0.4, 0.5) is 0 Å². The highest BCUT2D eigenvalue weighted by molar-refractivity contribution is 7.17. The minimum atomic E-state index is -0.250. The van der Waals surface area contributed by atoms with Crippen LogP contribution in [0.25, 0.3) is 10.6 Å². The number of aryl methyl sites for hydroxylation is 1. The van der Waals surface area contributed by atoms with Crippen molar-refractivity contribution in [3.8, 4) is 16.3 Å². The van der Waals surface area contributed by atoms with E-state index in [9.17, 15) is 9.59 Å². The molecule has 0 bridgehead atoms. The van der Waals surface area contributed by atoms with Crippen LogP contribution < -0.4 is 10.1 Å². The van der Waals surface area contributed by atoms with Gasteiger partial charge in [0.1, 0.15) is 15.6 Å². The molecule has 0 saturated carbocycles. The summed E-state index contributed by atoms with van der Waals surface area (Å²) in [6, 6.07) is 17.1. The van der Waals surface area contributed by atoms with Crippen molar-refractivity contribution in [2.45, 2.75) is 26.3 Å². The highest BCUT2D eigenvalue weighted by atomic mass is 32.1. The van der Waals surface area contributed by atoms with Crippen molar-refractivity contribution in [3.05, 3.63) is 70.7 Å². The average molecular weight is 438 g/mol. The number of carbonyl (C=O) groups excluding carboxylic acids is 2. The highest BCUT2D eigenvalue weighted by Crippen LogP contribution is 2.30. The Morgan fingerprint density at radius 2 is 1.77 bits per heavy atom. The summed E-state index contributed by atoms with van der Waals surface area (Å²) in [6.45, 7) is 3.80. The smallest absolute Gasteiger partial charge is 0.263 e. The lowest BCUT2D eigenvalue weighted by molar-refractivity contribution is -0.130. The summed E-state index contributed by atoms with van der Waals surface area (Å²) in [5.74, 6) is 0.305. The quantitative estimate of drug-likeness (QED) is 0.565. The second-order valence-electron chi connectivity index (χ2n) is 7.35. The molecule has 0 fully saturated rings. The maximum atomic E-state index is 13.1. The number of hydrogen-bond donors (Lipinski definition) is 1. The Labute approximate surface area is 186 Å². The van der Waals surface area contributed by atoms with Gasteiger partial charge in [0.25, 0.3) is 11.8 Å². The van der Waals surface area contributed by atoms with Crippen molar-refractivity contribution in [1.29, 1.82) is 0 Å². The first-order valence-electron chi connectivity index (χ1n) is 10.2. The van der Waals surface area contributed by atoms with Gasteiger partial charge in [0.15, 0.2) is 6.61 Å². The van der Waals surface area contributed by atoms with Crippen LogP contribution in [0.15, 0.2) is 54.6 Å². The topological polar surface area (TPSA) is 71.5 Å². The fourth-order valence-corrected chi connectivity index (χ4v) is 4.08. The van der Waals surface area contributed by atoms with E-state index in [0.717, 1.165) is 16.1 Å². The van der Waals surface area contributed by atoms with E-state index in [1.807, 2.05) is 68.4 Å². The molecule has 1 N–H and O–H groups in total. The van der Waals surface area contributed by atoms with E-state index in [1.54, 1.807) is 14.1 Å². The van der Waals surface area contributed by atoms with Gasteiger partial charge >= 0.3 is 0 Å². The summed E-state index contributed by atoms with van der Waals surface area (Å²) in [7, 11) is 3.38. The predicted molar refractivity (Wildman–Crippen MR) is 123 cm³/mol. The van der Waals surface area contributed by atoms with E-state index >= 15 is 0 Å². The van der Waals surface area contributed by atoms with E-state index in [0.29, 0.717) is 22.7 Å². The molecule has 3 rings (SSSR count). The van der Waals surface area contributed by atoms with E-state index in [1.165, 1.54) is 16.2 Å². The third-order valence-electron chi connectivity index (χ3n) is 4.88. The van der Waals surface area contributed by atoms with Gasteiger partial charge in [-0.25, -0.2) is 4.98 Å². The van der Waals surface area contributed by atoms with Gasteiger partial charge in [-0.05, 0) is 19.4 Å². The van der Waals surface area contributed by atoms with Gasteiger partial charge in [-0.2, -0.15) is 0 Å². The molecular formula is C24H27N3O3S. The SMILES string of the molecule is CCC(NC(=O)c1sc(-c2ccccc2)nc1C)c1ccccc1OCC(=O)N(C)C. The van der Waals surface area contributed by atoms with Crippen LogP contribution in [0.3, 0.4) is 0 Å². The first-order valence-corrected chi connectivity index (χ1v) is 11.0. The Balaban J connectivity index is 1.78. The van der Waals surface area contributed by atoms with E-state index in [2.05, 4.69) is 10.3 Å². The number of para-hydroxylation sites is 1. The number of nitrogens with zero attached hydrogens (tertiary/aromatic N) is 2. The standard InChI is InChI=1S/C24H27N3O3S/c1-5-19(18-13-9-10-14-20(18)30-15-21(28)27(3)4)26-23(29)22-16(2)25-24(31-22)17-11-7-6-8-12-17/h6-14,19H,5,15H2,1-4H3,(H,26,29). The molecule has 0 aliphatic rings. The minimum Gasteiger partial charge on any atom is -0.483 e. The third kappa shape index (κ3) is 5.49. The Morgan fingerprint density at radius 3 is 2.45 bits per heavy atom. The molecule has 2 amide bonds. The van der Waals surface area contributed by atoms with Crippen molar-refractivity contribution in [3.63, 3.8) is 0 Å². The molecular weight excluding hydrogens is 410 g/mol. The second-order valence-corrected chi connectivity index (χ2v) is 8.35. The minimum absolute atomic E-state index is 0.0528. The Morgan fingerprint density at radius 1 is 1.10 bits per heavy atom. The van der Waals surface area contributed by atoms with Crippen LogP contribution in [0, 0.1) is 6.92 Å². The first-order chi connectivity index (χ1) is 14.9. The molecule has 0 saturated heterocycles. The number of hydrogen-bond acceptors (Lipinski definition) is 5. The summed E-state index contributed by atoms with van der Waals surface area (Å²) >= 11 is 1.39. The maximum absolute atomic E-state index is 13.1. The highest BCUT2D eigenvalue weighted by Gasteiger charge is 2.22. The number of thiazole rings is 1. The Kier molecular flexibility index (Phi) is 7.41. The Hall–Kier alpha value is -3.19. The molecule has 2 aromatic carbocycles. The zero-order chi connectivity index (χ0) is 22.4. The van der Waals surface area contributed by atoms with Crippen LogP contribution in [-0.4, -0.2) is 42.4 Å². The number of ether oxygens (including phenoxy) is 1. The normalized spacial score (nSPS) is 11.6. The number of likely N-dealkylation sites (N-methyl/N-ethyl adjacent to an activating group) is 1. The van der Waals surface area contributed by atoms with Gasteiger partial charge in [-0.3, -0.25) is 9.59 Å². The van der Waals surface area contributed by atoms with Crippen molar-refractivity contribution in [2.75, 3.05) is 20.7 Å². The summed E-state index contributed by atoms with van der Waals surface area (Å²) in [5.41, 5.74) is 2.54. The summed E-state index contributed by atoms with van der Waals surface area (Å²) < 4.78 is 5.76. The first kappa shape index (κ1) is 22.5. The lowest BCUT2D eigenvalue weighted by atomic mass is 10.0. The second kappa shape index (κ2) is 10.2. The van der Waals surface area contributed by atoms with E-state index in [4.69, 9.17) is 4.74 Å². The molecule has 1 atom stereocenters. The van der Waals surface area contributed by atoms with Gasteiger partial charge in [-0.1, -0.05) is 55.5 Å². The summed E-state index contributed by atoms with van der Waals surface area (Å²) in [5, 5.41) is 3.93. The van der Waals surface area contributed by atoms with Crippen LogP contribution in [0.5, 0.6) is 5.75 Å².